The molecule has 21 heavy (non-hydrogen) atoms. The summed E-state index contributed by atoms with van der Waals surface area (Å²) in [6.45, 7) is 2.13. The van der Waals surface area contributed by atoms with Gasteiger partial charge in [-0.3, -0.25) is 10.1 Å². The van der Waals surface area contributed by atoms with E-state index in [-0.39, 0.29) is 5.91 Å². The zero-order valence-electron chi connectivity index (χ0n) is 12.0. The van der Waals surface area contributed by atoms with Crippen molar-refractivity contribution >= 4 is 22.4 Å². The van der Waals surface area contributed by atoms with Crippen LogP contribution < -0.4 is 5.32 Å². The molecule has 0 atom stereocenters. The molecular formula is C14H18N4O2S. The van der Waals surface area contributed by atoms with Crippen molar-refractivity contribution in [2.45, 2.75) is 45.4 Å². The zero-order valence-corrected chi connectivity index (χ0v) is 12.8. The van der Waals surface area contributed by atoms with E-state index in [9.17, 15) is 4.79 Å². The summed E-state index contributed by atoms with van der Waals surface area (Å²) in [5, 5.41) is 12.2. The normalized spacial score (nSPS) is 14.3. The fourth-order valence-corrected chi connectivity index (χ4v) is 2.75. The second-order valence-corrected chi connectivity index (χ2v) is 6.39. The molecule has 1 fully saturated rings. The number of hydrogen-bond donors (Lipinski definition) is 1. The van der Waals surface area contributed by atoms with Crippen LogP contribution in [-0.4, -0.2) is 21.1 Å². The highest BCUT2D eigenvalue weighted by Crippen LogP contribution is 2.32. The summed E-state index contributed by atoms with van der Waals surface area (Å²) in [5.74, 6) is 1.03. The standard InChI is InChI=1S/C14H18N4O2S/c1-2-3-4-12-17-18-14(21-12)16-13(19)10-8-20-11(15-10)7-9-5-6-9/h8-9H,2-7H2,1H3,(H,16,18,19). The van der Waals surface area contributed by atoms with E-state index in [0.717, 1.165) is 30.7 Å². The van der Waals surface area contributed by atoms with Crippen molar-refractivity contribution in [3.8, 4) is 0 Å². The molecular weight excluding hydrogens is 288 g/mol. The Labute approximate surface area is 127 Å². The highest BCUT2D eigenvalue weighted by atomic mass is 32.1. The topological polar surface area (TPSA) is 80.9 Å². The van der Waals surface area contributed by atoms with E-state index in [1.165, 1.54) is 30.4 Å². The maximum Gasteiger partial charge on any atom is 0.279 e. The molecule has 3 rings (SSSR count). The molecule has 7 heteroatoms. The maximum absolute atomic E-state index is 12.1. The number of rotatable bonds is 7. The molecule has 112 valence electrons. The van der Waals surface area contributed by atoms with Gasteiger partial charge in [-0.2, -0.15) is 0 Å². The third-order valence-electron chi connectivity index (χ3n) is 3.38. The third-order valence-corrected chi connectivity index (χ3v) is 4.27. The van der Waals surface area contributed by atoms with Gasteiger partial charge in [0.2, 0.25) is 5.13 Å². The molecule has 2 heterocycles. The quantitative estimate of drug-likeness (QED) is 0.850. The Morgan fingerprint density at radius 3 is 3.10 bits per heavy atom. The van der Waals surface area contributed by atoms with Crippen molar-refractivity contribution in [1.29, 1.82) is 0 Å². The Balaban J connectivity index is 1.57. The molecule has 0 unspecified atom stereocenters. The number of carbonyl (C=O) groups excluding carboxylic acids is 1. The van der Waals surface area contributed by atoms with E-state index in [4.69, 9.17) is 4.42 Å². The number of hydrogen-bond acceptors (Lipinski definition) is 6. The number of carbonyl (C=O) groups is 1. The number of amides is 1. The van der Waals surface area contributed by atoms with Crippen molar-refractivity contribution in [3.05, 3.63) is 22.9 Å². The summed E-state index contributed by atoms with van der Waals surface area (Å²) in [5.41, 5.74) is 0.302. The van der Waals surface area contributed by atoms with E-state index < -0.39 is 0 Å². The highest BCUT2D eigenvalue weighted by Gasteiger charge is 2.24. The van der Waals surface area contributed by atoms with Gasteiger partial charge in [-0.1, -0.05) is 24.7 Å². The molecule has 0 saturated heterocycles. The monoisotopic (exact) mass is 306 g/mol. The van der Waals surface area contributed by atoms with E-state index in [1.54, 1.807) is 0 Å². The average molecular weight is 306 g/mol. The van der Waals surface area contributed by atoms with Crippen LogP contribution in [0.2, 0.25) is 0 Å². The minimum Gasteiger partial charge on any atom is -0.448 e. The minimum absolute atomic E-state index is 0.293. The van der Waals surface area contributed by atoms with Gasteiger partial charge in [-0.15, -0.1) is 10.2 Å². The molecule has 0 aliphatic heterocycles. The van der Waals surface area contributed by atoms with Gasteiger partial charge >= 0.3 is 0 Å². The summed E-state index contributed by atoms with van der Waals surface area (Å²) in [4.78, 5) is 16.3. The van der Waals surface area contributed by atoms with Crippen molar-refractivity contribution < 1.29 is 9.21 Å². The van der Waals surface area contributed by atoms with Crippen LogP contribution in [0.3, 0.4) is 0 Å². The SMILES string of the molecule is CCCCc1nnc(NC(=O)c2coc(CC3CC3)n2)s1. The molecule has 0 spiro atoms. The van der Waals surface area contributed by atoms with Crippen molar-refractivity contribution in [1.82, 2.24) is 15.2 Å². The predicted octanol–water partition coefficient (Wildman–Crippen LogP) is 3.07. The van der Waals surface area contributed by atoms with Crippen LogP contribution in [0.4, 0.5) is 5.13 Å². The van der Waals surface area contributed by atoms with Crippen LogP contribution in [0.5, 0.6) is 0 Å². The van der Waals surface area contributed by atoms with E-state index in [1.807, 2.05) is 0 Å². The summed E-state index contributed by atoms with van der Waals surface area (Å²) in [7, 11) is 0. The number of nitrogens with one attached hydrogen (secondary N) is 1. The molecule has 0 radical (unpaired) electrons. The number of aromatic nitrogens is 3. The Hall–Kier alpha value is -1.76. The van der Waals surface area contributed by atoms with Gasteiger partial charge in [-0.25, -0.2) is 4.98 Å². The molecule has 2 aromatic heterocycles. The first kappa shape index (κ1) is 14.2. The maximum atomic E-state index is 12.1. The van der Waals surface area contributed by atoms with Crippen molar-refractivity contribution in [2.75, 3.05) is 5.32 Å². The first-order chi connectivity index (χ1) is 10.2. The second-order valence-electron chi connectivity index (χ2n) is 5.33. The second kappa shape index (κ2) is 6.34. The van der Waals surface area contributed by atoms with Gasteiger partial charge in [0, 0.05) is 12.8 Å². The lowest BCUT2D eigenvalue weighted by molar-refractivity contribution is 0.102. The van der Waals surface area contributed by atoms with Gasteiger partial charge in [0.15, 0.2) is 11.6 Å². The number of unbranched alkanes of at least 4 members (excludes halogenated alkanes) is 1. The van der Waals surface area contributed by atoms with E-state index >= 15 is 0 Å². The number of oxazole rings is 1. The molecule has 0 aromatic carbocycles. The zero-order chi connectivity index (χ0) is 14.7. The largest absolute Gasteiger partial charge is 0.448 e. The lowest BCUT2D eigenvalue weighted by Crippen LogP contribution is -2.12. The Bertz CT molecular complexity index is 618. The van der Waals surface area contributed by atoms with Crippen LogP contribution in [0.1, 0.15) is 54.0 Å². The van der Waals surface area contributed by atoms with Crippen molar-refractivity contribution in [3.63, 3.8) is 0 Å². The summed E-state index contributed by atoms with van der Waals surface area (Å²) >= 11 is 1.41. The lowest BCUT2D eigenvalue weighted by atomic mass is 10.3. The van der Waals surface area contributed by atoms with Crippen LogP contribution in [0, 0.1) is 5.92 Å². The summed E-state index contributed by atoms with van der Waals surface area (Å²) < 4.78 is 5.33. The van der Waals surface area contributed by atoms with E-state index in [2.05, 4.69) is 27.4 Å². The number of aryl methyl sites for hydroxylation is 1. The van der Waals surface area contributed by atoms with Crippen molar-refractivity contribution in [2.24, 2.45) is 5.92 Å². The predicted molar refractivity (Wildman–Crippen MR) is 79.4 cm³/mol. The first-order valence-corrected chi connectivity index (χ1v) is 8.14. The fraction of sp³-hybridized carbons (Fsp3) is 0.571. The van der Waals surface area contributed by atoms with Gasteiger partial charge < -0.3 is 4.42 Å². The Morgan fingerprint density at radius 1 is 1.48 bits per heavy atom. The molecule has 1 saturated carbocycles. The summed E-state index contributed by atoms with van der Waals surface area (Å²) in [6, 6.07) is 0. The number of nitrogens with zero attached hydrogens (tertiary/aromatic N) is 3. The highest BCUT2D eigenvalue weighted by molar-refractivity contribution is 7.15. The Kier molecular flexibility index (Phi) is 4.28. The fourth-order valence-electron chi connectivity index (χ4n) is 1.97. The van der Waals surface area contributed by atoms with Gasteiger partial charge in [0.25, 0.3) is 5.91 Å². The number of anilines is 1. The first-order valence-electron chi connectivity index (χ1n) is 7.32. The molecule has 1 aliphatic rings. The van der Waals surface area contributed by atoms with E-state index in [0.29, 0.717) is 22.6 Å². The third kappa shape index (κ3) is 3.87. The molecule has 1 N–H and O–H groups in total. The molecule has 1 aliphatic carbocycles. The van der Waals surface area contributed by atoms with Crippen LogP contribution >= 0.6 is 11.3 Å². The summed E-state index contributed by atoms with van der Waals surface area (Å²) in [6.07, 6.45) is 7.80. The van der Waals surface area contributed by atoms with Gasteiger partial charge in [-0.05, 0) is 25.2 Å². The molecule has 0 bridgehead atoms. The van der Waals surface area contributed by atoms with Gasteiger partial charge in [0.1, 0.15) is 11.3 Å². The van der Waals surface area contributed by atoms with Gasteiger partial charge in [0.05, 0.1) is 0 Å². The smallest absolute Gasteiger partial charge is 0.279 e. The average Bonchev–Trinajstić information content (AvgIpc) is 2.98. The lowest BCUT2D eigenvalue weighted by Gasteiger charge is -1.95. The molecule has 6 nitrogen and oxygen atoms in total. The van der Waals surface area contributed by atoms with Crippen LogP contribution in [0.25, 0.3) is 0 Å². The minimum atomic E-state index is -0.293. The molecule has 1 amide bonds. The van der Waals surface area contributed by atoms with Crippen LogP contribution in [-0.2, 0) is 12.8 Å². The Morgan fingerprint density at radius 2 is 2.33 bits per heavy atom. The molecule has 2 aromatic rings. The van der Waals surface area contributed by atoms with Crippen LogP contribution in [0.15, 0.2) is 10.7 Å².